The van der Waals surface area contributed by atoms with E-state index < -0.39 is 0 Å². The quantitative estimate of drug-likeness (QED) is 0.857. The third-order valence-electron chi connectivity index (χ3n) is 4.38. The summed E-state index contributed by atoms with van der Waals surface area (Å²) in [5.74, 6) is 3.80. The first-order valence-corrected chi connectivity index (χ1v) is 6.85. The molecule has 18 heavy (non-hydrogen) atoms. The van der Waals surface area contributed by atoms with E-state index in [0.717, 1.165) is 29.7 Å². The van der Waals surface area contributed by atoms with Crippen LogP contribution in [0.5, 0.6) is 0 Å². The van der Waals surface area contributed by atoms with Gasteiger partial charge in [0.2, 0.25) is 0 Å². The van der Waals surface area contributed by atoms with Gasteiger partial charge in [0.25, 0.3) is 0 Å². The van der Waals surface area contributed by atoms with Crippen LogP contribution in [0.25, 0.3) is 0 Å². The van der Waals surface area contributed by atoms with Crippen molar-refractivity contribution < 1.29 is 0 Å². The molecular formula is C14H22N4. The van der Waals surface area contributed by atoms with Crippen molar-refractivity contribution in [1.82, 2.24) is 9.97 Å². The summed E-state index contributed by atoms with van der Waals surface area (Å²) in [7, 11) is 0. The molecule has 0 radical (unpaired) electrons. The molecule has 0 amide bonds. The van der Waals surface area contributed by atoms with Crippen LogP contribution in [0.2, 0.25) is 0 Å². The number of nitrogens with zero attached hydrogens (tertiary/aromatic N) is 2. The Bertz CT molecular complexity index is 477. The zero-order valence-corrected chi connectivity index (χ0v) is 11.5. The zero-order valence-electron chi connectivity index (χ0n) is 11.5. The van der Waals surface area contributed by atoms with Crippen LogP contribution in [-0.2, 0) is 0 Å². The minimum Gasteiger partial charge on any atom is -0.383 e. The Hall–Kier alpha value is -1.32. The summed E-state index contributed by atoms with van der Waals surface area (Å²) in [5.41, 5.74) is 7.45. The highest BCUT2D eigenvalue weighted by molar-refractivity contribution is 5.55. The standard InChI is InChI=1S/C14H22N4/c1-8-11(15)17-13(9-4-5-9)18-12(8)16-7-10-6-14(10,2)3/h9-10H,4-7H2,1-3H3,(H3,15,16,17,18). The SMILES string of the molecule is Cc1c(N)nc(C2CC2)nc1NCC1CC1(C)C. The maximum Gasteiger partial charge on any atom is 0.136 e. The maximum absolute atomic E-state index is 5.97. The summed E-state index contributed by atoms with van der Waals surface area (Å²) in [6.07, 6.45) is 3.71. The van der Waals surface area contributed by atoms with Gasteiger partial charge in [0, 0.05) is 18.0 Å². The van der Waals surface area contributed by atoms with Gasteiger partial charge in [0.1, 0.15) is 17.5 Å². The fourth-order valence-electron chi connectivity index (χ4n) is 2.39. The lowest BCUT2D eigenvalue weighted by Crippen LogP contribution is -2.12. The lowest BCUT2D eigenvalue weighted by atomic mass is 10.1. The third kappa shape index (κ3) is 2.16. The van der Waals surface area contributed by atoms with Crippen LogP contribution >= 0.6 is 0 Å². The van der Waals surface area contributed by atoms with E-state index >= 15 is 0 Å². The fraction of sp³-hybridized carbons (Fsp3) is 0.714. The second-order valence-electron chi connectivity index (χ2n) is 6.49. The molecule has 1 aromatic heterocycles. The summed E-state index contributed by atoms with van der Waals surface area (Å²) >= 11 is 0. The molecule has 3 N–H and O–H groups in total. The molecule has 0 saturated heterocycles. The normalized spacial score (nSPS) is 24.9. The highest BCUT2D eigenvalue weighted by atomic mass is 15.1. The number of rotatable bonds is 4. The second-order valence-corrected chi connectivity index (χ2v) is 6.49. The molecule has 0 aliphatic heterocycles. The van der Waals surface area contributed by atoms with Gasteiger partial charge in [-0.2, -0.15) is 0 Å². The predicted octanol–water partition coefficient (Wildman–Crippen LogP) is 2.70. The molecule has 0 spiro atoms. The van der Waals surface area contributed by atoms with Crippen LogP contribution in [0.15, 0.2) is 0 Å². The van der Waals surface area contributed by atoms with Gasteiger partial charge in [-0.3, -0.25) is 0 Å². The summed E-state index contributed by atoms with van der Waals surface area (Å²) in [5, 5.41) is 3.46. The number of hydrogen-bond donors (Lipinski definition) is 2. The maximum atomic E-state index is 5.97. The number of nitrogen functional groups attached to an aromatic ring is 1. The van der Waals surface area contributed by atoms with Crippen LogP contribution < -0.4 is 11.1 Å². The van der Waals surface area contributed by atoms with E-state index in [1.807, 2.05) is 6.92 Å². The number of nitrogens with one attached hydrogen (secondary N) is 1. The van der Waals surface area contributed by atoms with Crippen LogP contribution in [-0.4, -0.2) is 16.5 Å². The van der Waals surface area contributed by atoms with Gasteiger partial charge in [-0.15, -0.1) is 0 Å². The number of nitrogens with two attached hydrogens (primary N) is 1. The first-order chi connectivity index (χ1) is 8.47. The summed E-state index contributed by atoms with van der Waals surface area (Å²) in [6, 6.07) is 0. The van der Waals surface area contributed by atoms with Crippen molar-refractivity contribution in [2.24, 2.45) is 11.3 Å². The van der Waals surface area contributed by atoms with Gasteiger partial charge >= 0.3 is 0 Å². The second kappa shape index (κ2) is 3.84. The zero-order chi connectivity index (χ0) is 12.9. The van der Waals surface area contributed by atoms with E-state index in [4.69, 9.17) is 5.73 Å². The Balaban J connectivity index is 1.73. The molecule has 1 heterocycles. The predicted molar refractivity (Wildman–Crippen MR) is 73.5 cm³/mol. The highest BCUT2D eigenvalue weighted by Crippen LogP contribution is 2.51. The molecule has 98 valence electrons. The average Bonchev–Trinajstić information content (AvgIpc) is 3.18. The minimum atomic E-state index is 0.499. The van der Waals surface area contributed by atoms with Crippen molar-refractivity contribution in [3.63, 3.8) is 0 Å². The largest absolute Gasteiger partial charge is 0.383 e. The van der Waals surface area contributed by atoms with Crippen molar-refractivity contribution in [3.8, 4) is 0 Å². The van der Waals surface area contributed by atoms with E-state index in [1.165, 1.54) is 19.3 Å². The lowest BCUT2D eigenvalue weighted by molar-refractivity contribution is 0.572. The van der Waals surface area contributed by atoms with Gasteiger partial charge in [-0.05, 0) is 37.5 Å². The lowest BCUT2D eigenvalue weighted by Gasteiger charge is -2.12. The van der Waals surface area contributed by atoms with Crippen molar-refractivity contribution in [2.75, 3.05) is 17.6 Å². The average molecular weight is 246 g/mol. The summed E-state index contributed by atoms with van der Waals surface area (Å²) < 4.78 is 0. The summed E-state index contributed by atoms with van der Waals surface area (Å²) in [4.78, 5) is 9.03. The third-order valence-corrected chi connectivity index (χ3v) is 4.38. The Morgan fingerprint density at radius 1 is 1.33 bits per heavy atom. The molecule has 4 heteroatoms. The fourth-order valence-corrected chi connectivity index (χ4v) is 2.39. The van der Waals surface area contributed by atoms with Crippen LogP contribution in [0, 0.1) is 18.3 Å². The van der Waals surface area contributed by atoms with E-state index in [-0.39, 0.29) is 0 Å². The van der Waals surface area contributed by atoms with E-state index in [0.29, 0.717) is 17.2 Å². The van der Waals surface area contributed by atoms with Gasteiger partial charge in [0.05, 0.1) is 0 Å². The van der Waals surface area contributed by atoms with Crippen molar-refractivity contribution in [1.29, 1.82) is 0 Å². The van der Waals surface area contributed by atoms with Gasteiger partial charge in [0.15, 0.2) is 0 Å². The molecule has 1 unspecified atom stereocenters. The molecule has 0 aromatic carbocycles. The first-order valence-electron chi connectivity index (χ1n) is 6.85. The Morgan fingerprint density at radius 3 is 2.56 bits per heavy atom. The van der Waals surface area contributed by atoms with Crippen LogP contribution in [0.3, 0.4) is 0 Å². The molecule has 0 bridgehead atoms. The first kappa shape index (κ1) is 11.8. The molecule has 1 aromatic rings. The van der Waals surface area contributed by atoms with Gasteiger partial charge in [-0.1, -0.05) is 13.8 Å². The minimum absolute atomic E-state index is 0.499. The van der Waals surface area contributed by atoms with Crippen LogP contribution in [0.4, 0.5) is 11.6 Å². The number of aromatic nitrogens is 2. The van der Waals surface area contributed by atoms with E-state index in [9.17, 15) is 0 Å². The Labute approximate surface area is 108 Å². The molecule has 4 nitrogen and oxygen atoms in total. The Kier molecular flexibility index (Phi) is 2.50. The molecule has 2 saturated carbocycles. The molecule has 1 atom stereocenters. The van der Waals surface area contributed by atoms with E-state index in [1.54, 1.807) is 0 Å². The Morgan fingerprint density at radius 2 is 2.00 bits per heavy atom. The van der Waals surface area contributed by atoms with Crippen molar-refractivity contribution >= 4 is 11.6 Å². The van der Waals surface area contributed by atoms with Crippen molar-refractivity contribution in [2.45, 2.75) is 46.0 Å². The molecule has 2 fully saturated rings. The molecular weight excluding hydrogens is 224 g/mol. The van der Waals surface area contributed by atoms with Gasteiger partial charge < -0.3 is 11.1 Å². The molecule has 2 aliphatic rings. The highest BCUT2D eigenvalue weighted by Gasteiger charge is 2.45. The van der Waals surface area contributed by atoms with Crippen molar-refractivity contribution in [3.05, 3.63) is 11.4 Å². The van der Waals surface area contributed by atoms with E-state index in [2.05, 4.69) is 29.1 Å². The number of anilines is 2. The monoisotopic (exact) mass is 246 g/mol. The van der Waals surface area contributed by atoms with Crippen LogP contribution in [0.1, 0.15) is 50.4 Å². The number of hydrogen-bond acceptors (Lipinski definition) is 4. The molecule has 2 aliphatic carbocycles. The summed E-state index contributed by atoms with van der Waals surface area (Å²) in [6.45, 7) is 7.62. The molecule has 3 rings (SSSR count). The smallest absolute Gasteiger partial charge is 0.136 e. The van der Waals surface area contributed by atoms with Gasteiger partial charge in [-0.25, -0.2) is 9.97 Å². The topological polar surface area (TPSA) is 63.8 Å².